The lowest BCUT2D eigenvalue weighted by Gasteiger charge is -2.30. The van der Waals surface area contributed by atoms with Crippen molar-refractivity contribution < 1.29 is 4.42 Å². The molecule has 0 aliphatic rings. The van der Waals surface area contributed by atoms with Gasteiger partial charge < -0.3 is 9.32 Å². The minimum absolute atomic E-state index is 0.0861. The number of nitrogens with zero attached hydrogens (tertiary/aromatic N) is 1. The summed E-state index contributed by atoms with van der Waals surface area (Å²) >= 11 is 0. The second-order valence-electron chi connectivity index (χ2n) is 17.3. The average Bonchev–Trinajstić information content (AvgIpc) is 3.71. The Morgan fingerprint density at radius 2 is 0.919 bits per heavy atom. The summed E-state index contributed by atoms with van der Waals surface area (Å²) in [7, 11) is 0. The first-order valence-corrected chi connectivity index (χ1v) is 21.5. The fourth-order valence-corrected chi connectivity index (χ4v) is 9.27. The summed E-state index contributed by atoms with van der Waals surface area (Å²) < 4.78 is 6.99. The van der Waals surface area contributed by atoms with E-state index in [-0.39, 0.29) is 5.41 Å². The van der Waals surface area contributed by atoms with Gasteiger partial charge in [-0.25, -0.2) is 0 Å². The van der Waals surface area contributed by atoms with E-state index in [0.717, 1.165) is 61.3 Å². The normalized spacial score (nSPS) is 11.8. The highest BCUT2D eigenvalue weighted by atomic mass is 16.3. The summed E-state index contributed by atoms with van der Waals surface area (Å²) in [5.41, 5.74) is 15.5. The molecule has 62 heavy (non-hydrogen) atoms. The summed E-state index contributed by atoms with van der Waals surface area (Å²) in [6.07, 6.45) is 0. The summed E-state index contributed by atoms with van der Waals surface area (Å²) in [6, 6.07) is 79.4. The highest BCUT2D eigenvalue weighted by Crippen LogP contribution is 2.52. The Bertz CT molecular complexity index is 3400. The first kappa shape index (κ1) is 37.3. The SMILES string of the molecule is CC(C)(C)c1ccc(-c2ccc(N(c3cc(-c4cccc5ccccc45)c4ccccc4c3)c3c(-c4ccccc4)cc(-c4ccccc4)c4oc5ccccc5c34)cc2)cc1. The van der Waals surface area contributed by atoms with Crippen LogP contribution in [0.1, 0.15) is 26.3 Å². The van der Waals surface area contributed by atoms with Gasteiger partial charge in [0.2, 0.25) is 0 Å². The minimum atomic E-state index is 0.0861. The molecule has 2 heteroatoms. The molecule has 1 aromatic heterocycles. The molecule has 0 saturated carbocycles. The topological polar surface area (TPSA) is 16.4 Å². The van der Waals surface area contributed by atoms with Crippen LogP contribution in [0.2, 0.25) is 0 Å². The number of furan rings is 1. The van der Waals surface area contributed by atoms with Gasteiger partial charge in [0.25, 0.3) is 0 Å². The molecule has 0 aliphatic carbocycles. The highest BCUT2D eigenvalue weighted by molar-refractivity contribution is 6.21. The van der Waals surface area contributed by atoms with Gasteiger partial charge in [-0.05, 0) is 102 Å². The first-order valence-electron chi connectivity index (χ1n) is 21.5. The van der Waals surface area contributed by atoms with E-state index in [1.54, 1.807) is 0 Å². The van der Waals surface area contributed by atoms with Gasteiger partial charge in [-0.2, -0.15) is 0 Å². The number of hydrogen-bond donors (Lipinski definition) is 0. The molecule has 0 spiro atoms. The lowest BCUT2D eigenvalue weighted by molar-refractivity contribution is 0.590. The van der Waals surface area contributed by atoms with Crippen molar-refractivity contribution in [2.75, 3.05) is 4.90 Å². The molecule has 296 valence electrons. The molecule has 0 radical (unpaired) electrons. The van der Waals surface area contributed by atoms with E-state index < -0.39 is 0 Å². The third-order valence-electron chi connectivity index (χ3n) is 12.4. The summed E-state index contributed by atoms with van der Waals surface area (Å²) in [5.74, 6) is 0. The Morgan fingerprint density at radius 3 is 1.60 bits per heavy atom. The number of hydrogen-bond acceptors (Lipinski definition) is 2. The number of anilines is 3. The van der Waals surface area contributed by atoms with Crippen molar-refractivity contribution in [2.45, 2.75) is 26.2 Å². The molecular formula is C60H45NO. The maximum Gasteiger partial charge on any atom is 0.145 e. The van der Waals surface area contributed by atoms with Crippen LogP contribution in [-0.4, -0.2) is 0 Å². The monoisotopic (exact) mass is 795 g/mol. The fourth-order valence-electron chi connectivity index (χ4n) is 9.27. The van der Waals surface area contributed by atoms with E-state index in [2.05, 4.69) is 244 Å². The van der Waals surface area contributed by atoms with Gasteiger partial charge in [-0.1, -0.05) is 203 Å². The van der Waals surface area contributed by atoms with Crippen LogP contribution in [-0.2, 0) is 5.41 Å². The molecule has 0 N–H and O–H groups in total. The van der Waals surface area contributed by atoms with Crippen molar-refractivity contribution in [1.82, 2.24) is 0 Å². The summed E-state index contributed by atoms with van der Waals surface area (Å²) in [6.45, 7) is 6.79. The molecule has 0 atom stereocenters. The molecule has 10 aromatic carbocycles. The molecule has 0 saturated heterocycles. The number of benzene rings is 10. The standard InChI is InChI=1S/C60H45NO/c1-60(2,3)46-33-29-40(30-34-46)41-31-35-47(36-32-41)61(48-37-45-22-11-13-25-50(45)55(38-48)51-27-16-23-42-21-10-12-24-49(42)51)58-53(43-17-6-4-7-18-43)39-54(44-19-8-5-9-20-44)59-57(58)52-26-14-15-28-56(52)62-59/h4-39H,1-3H3. The van der Waals surface area contributed by atoms with E-state index in [1.807, 2.05) is 0 Å². The van der Waals surface area contributed by atoms with Gasteiger partial charge in [-0.15, -0.1) is 0 Å². The van der Waals surface area contributed by atoms with Crippen LogP contribution in [0.5, 0.6) is 0 Å². The van der Waals surface area contributed by atoms with Crippen LogP contribution in [0.4, 0.5) is 17.1 Å². The molecule has 0 unspecified atom stereocenters. The van der Waals surface area contributed by atoms with Crippen molar-refractivity contribution in [3.8, 4) is 44.5 Å². The number of fused-ring (bicyclic) bond motifs is 5. The summed E-state index contributed by atoms with van der Waals surface area (Å²) in [4.78, 5) is 2.48. The van der Waals surface area contributed by atoms with E-state index >= 15 is 0 Å². The Hall–Kier alpha value is -7.68. The lowest BCUT2D eigenvalue weighted by Crippen LogP contribution is -2.12. The Labute approximate surface area is 363 Å². The van der Waals surface area contributed by atoms with Gasteiger partial charge in [0.05, 0.1) is 11.1 Å². The Balaban J connectivity index is 1.24. The molecular weight excluding hydrogens is 751 g/mol. The summed E-state index contributed by atoms with van der Waals surface area (Å²) in [5, 5.41) is 6.97. The molecule has 0 aliphatic heterocycles. The molecule has 2 nitrogen and oxygen atoms in total. The average molecular weight is 796 g/mol. The van der Waals surface area contributed by atoms with Crippen LogP contribution in [0.15, 0.2) is 223 Å². The van der Waals surface area contributed by atoms with Gasteiger partial charge in [0.15, 0.2) is 0 Å². The molecule has 0 bridgehead atoms. The maximum absolute atomic E-state index is 6.99. The molecule has 1 heterocycles. The van der Waals surface area contributed by atoms with Crippen LogP contribution in [0.25, 0.3) is 88.0 Å². The zero-order valence-corrected chi connectivity index (χ0v) is 35.1. The number of para-hydroxylation sites is 1. The van der Waals surface area contributed by atoms with Crippen molar-refractivity contribution in [3.63, 3.8) is 0 Å². The third-order valence-corrected chi connectivity index (χ3v) is 12.4. The van der Waals surface area contributed by atoms with E-state index in [4.69, 9.17) is 4.42 Å². The largest absolute Gasteiger partial charge is 0.455 e. The van der Waals surface area contributed by atoms with Crippen LogP contribution >= 0.6 is 0 Å². The Kier molecular flexibility index (Phi) is 9.09. The van der Waals surface area contributed by atoms with Crippen molar-refractivity contribution in [1.29, 1.82) is 0 Å². The van der Waals surface area contributed by atoms with Crippen molar-refractivity contribution in [3.05, 3.63) is 224 Å². The number of rotatable bonds is 7. The molecule has 11 aromatic rings. The third kappa shape index (κ3) is 6.53. The van der Waals surface area contributed by atoms with Gasteiger partial charge in [0.1, 0.15) is 11.2 Å². The molecule has 0 amide bonds. The van der Waals surface area contributed by atoms with Crippen LogP contribution in [0, 0.1) is 0 Å². The Morgan fingerprint density at radius 1 is 0.371 bits per heavy atom. The maximum atomic E-state index is 6.99. The van der Waals surface area contributed by atoms with E-state index in [9.17, 15) is 0 Å². The quantitative estimate of drug-likeness (QED) is 0.160. The first-order chi connectivity index (χ1) is 30.4. The van der Waals surface area contributed by atoms with Crippen molar-refractivity contribution in [2.24, 2.45) is 0 Å². The minimum Gasteiger partial charge on any atom is -0.455 e. The van der Waals surface area contributed by atoms with Gasteiger partial charge in [0, 0.05) is 27.9 Å². The smallest absolute Gasteiger partial charge is 0.145 e. The predicted octanol–water partition coefficient (Wildman–Crippen LogP) is 17.3. The highest BCUT2D eigenvalue weighted by Gasteiger charge is 2.27. The second kappa shape index (κ2) is 15.1. The predicted molar refractivity (Wildman–Crippen MR) is 264 cm³/mol. The second-order valence-corrected chi connectivity index (χ2v) is 17.3. The van der Waals surface area contributed by atoms with Gasteiger partial charge >= 0.3 is 0 Å². The lowest BCUT2D eigenvalue weighted by atomic mass is 9.86. The van der Waals surface area contributed by atoms with E-state index in [0.29, 0.717) is 0 Å². The molecule has 0 fully saturated rings. The molecule has 11 rings (SSSR count). The van der Waals surface area contributed by atoms with Crippen molar-refractivity contribution >= 4 is 60.5 Å². The zero-order valence-electron chi connectivity index (χ0n) is 35.1. The van der Waals surface area contributed by atoms with Crippen LogP contribution in [0.3, 0.4) is 0 Å². The zero-order chi connectivity index (χ0) is 41.8. The van der Waals surface area contributed by atoms with Crippen LogP contribution < -0.4 is 4.90 Å². The fraction of sp³-hybridized carbons (Fsp3) is 0.0667. The van der Waals surface area contributed by atoms with E-state index in [1.165, 1.54) is 49.4 Å². The van der Waals surface area contributed by atoms with Gasteiger partial charge in [-0.3, -0.25) is 0 Å².